The lowest BCUT2D eigenvalue weighted by Gasteiger charge is -2.36. The standard InChI is InChI=1S/C40H39N5O/c1-3-4-24-38(46)30(2)41-29-31-25-27-32(28-26-31)36-22-14-15-23-37(36)39-42-43-44-45(39)40(33-16-8-5-9-17-33,34-18-10-6-11-19-34)35-20-12-7-13-21-35/h5-23,25-28,30,41H,3-4,24,29H2,1-2H3. The van der Waals surface area contributed by atoms with Crippen molar-refractivity contribution in [2.45, 2.75) is 51.2 Å². The van der Waals surface area contributed by atoms with Crippen LogP contribution in [0.15, 0.2) is 140 Å². The molecule has 0 aliphatic heterocycles. The van der Waals surface area contributed by atoms with Gasteiger partial charge in [-0.15, -0.1) is 5.10 Å². The van der Waals surface area contributed by atoms with Crippen molar-refractivity contribution >= 4 is 5.78 Å². The van der Waals surface area contributed by atoms with E-state index in [-0.39, 0.29) is 11.8 Å². The summed E-state index contributed by atoms with van der Waals surface area (Å²) in [6, 6.07) is 47.9. The van der Waals surface area contributed by atoms with Gasteiger partial charge in [0.05, 0.1) is 6.04 Å². The Hall–Kier alpha value is -5.20. The Morgan fingerprint density at radius 3 is 1.78 bits per heavy atom. The van der Waals surface area contributed by atoms with Crippen molar-refractivity contribution in [1.29, 1.82) is 0 Å². The number of rotatable bonds is 13. The lowest BCUT2D eigenvalue weighted by Crippen LogP contribution is -2.39. The minimum Gasteiger partial charge on any atom is -0.304 e. The lowest BCUT2D eigenvalue weighted by atomic mass is 9.77. The molecule has 6 heteroatoms. The van der Waals surface area contributed by atoms with Gasteiger partial charge in [-0.25, -0.2) is 4.68 Å². The average molecular weight is 606 g/mol. The normalized spacial score (nSPS) is 12.1. The molecule has 0 aliphatic carbocycles. The van der Waals surface area contributed by atoms with Gasteiger partial charge in [-0.05, 0) is 57.2 Å². The quantitative estimate of drug-likeness (QED) is 0.135. The van der Waals surface area contributed by atoms with Crippen molar-refractivity contribution in [2.75, 3.05) is 0 Å². The van der Waals surface area contributed by atoms with Gasteiger partial charge in [0.25, 0.3) is 0 Å². The van der Waals surface area contributed by atoms with Crippen molar-refractivity contribution in [3.8, 4) is 22.5 Å². The first-order valence-electron chi connectivity index (χ1n) is 16.0. The summed E-state index contributed by atoms with van der Waals surface area (Å²) in [7, 11) is 0. The second-order valence-corrected chi connectivity index (χ2v) is 11.6. The molecular formula is C40H39N5O. The molecule has 0 radical (unpaired) electrons. The van der Waals surface area contributed by atoms with E-state index in [0.29, 0.717) is 18.8 Å². The second-order valence-electron chi connectivity index (χ2n) is 11.6. The van der Waals surface area contributed by atoms with Crippen LogP contribution in [0.1, 0.15) is 55.4 Å². The van der Waals surface area contributed by atoms with Gasteiger partial charge in [0, 0.05) is 18.5 Å². The van der Waals surface area contributed by atoms with Crippen LogP contribution in [0.2, 0.25) is 0 Å². The molecule has 0 bridgehead atoms. The summed E-state index contributed by atoms with van der Waals surface area (Å²) in [5.74, 6) is 0.931. The average Bonchev–Trinajstić information content (AvgIpc) is 3.61. The van der Waals surface area contributed by atoms with Gasteiger partial charge in [-0.3, -0.25) is 4.79 Å². The molecule has 1 atom stereocenters. The molecule has 6 nitrogen and oxygen atoms in total. The van der Waals surface area contributed by atoms with Gasteiger partial charge in [-0.1, -0.05) is 153 Å². The van der Waals surface area contributed by atoms with Gasteiger partial charge < -0.3 is 5.32 Å². The van der Waals surface area contributed by atoms with Crippen LogP contribution in [0.5, 0.6) is 0 Å². The van der Waals surface area contributed by atoms with Crippen LogP contribution in [-0.2, 0) is 16.9 Å². The largest absolute Gasteiger partial charge is 0.304 e. The minimum atomic E-state index is -0.837. The molecule has 6 rings (SSSR count). The van der Waals surface area contributed by atoms with Crippen molar-refractivity contribution in [2.24, 2.45) is 0 Å². The van der Waals surface area contributed by atoms with Crippen LogP contribution in [0.4, 0.5) is 0 Å². The monoisotopic (exact) mass is 605 g/mol. The third kappa shape index (κ3) is 6.17. The molecule has 0 spiro atoms. The van der Waals surface area contributed by atoms with Gasteiger partial charge in [0.1, 0.15) is 11.3 Å². The Labute approximate surface area is 271 Å². The zero-order valence-electron chi connectivity index (χ0n) is 26.4. The van der Waals surface area contributed by atoms with E-state index in [1.807, 2.05) is 41.9 Å². The molecule has 0 amide bonds. The second kappa shape index (κ2) is 14.3. The Morgan fingerprint density at radius 1 is 0.717 bits per heavy atom. The molecule has 1 heterocycles. The fourth-order valence-corrected chi connectivity index (χ4v) is 6.17. The van der Waals surface area contributed by atoms with Crippen molar-refractivity contribution < 1.29 is 4.79 Å². The number of nitrogens with one attached hydrogen (secondary N) is 1. The van der Waals surface area contributed by atoms with Crippen LogP contribution in [0.3, 0.4) is 0 Å². The fraction of sp³-hybridized carbons (Fsp3) is 0.200. The van der Waals surface area contributed by atoms with E-state index in [4.69, 9.17) is 5.21 Å². The Morgan fingerprint density at radius 2 is 1.24 bits per heavy atom. The van der Waals surface area contributed by atoms with Gasteiger partial charge >= 0.3 is 0 Å². The number of unbranched alkanes of at least 4 members (excludes halogenated alkanes) is 1. The van der Waals surface area contributed by atoms with E-state index in [9.17, 15) is 4.79 Å². The Kier molecular flexibility index (Phi) is 9.56. The number of nitrogens with zero attached hydrogens (tertiary/aromatic N) is 4. The zero-order valence-corrected chi connectivity index (χ0v) is 26.4. The number of carbonyl (C=O) groups excluding carboxylic acids is 1. The number of ketones is 1. The number of tetrazole rings is 1. The summed E-state index contributed by atoms with van der Waals surface area (Å²) in [6.45, 7) is 4.69. The number of hydrogen-bond acceptors (Lipinski definition) is 5. The maximum atomic E-state index is 12.4. The van der Waals surface area contributed by atoms with Crippen LogP contribution < -0.4 is 5.32 Å². The first-order valence-corrected chi connectivity index (χ1v) is 16.0. The Balaban J connectivity index is 1.42. The molecule has 46 heavy (non-hydrogen) atoms. The summed E-state index contributed by atoms with van der Waals surface area (Å²) in [5, 5.41) is 17.1. The summed E-state index contributed by atoms with van der Waals surface area (Å²) in [6.07, 6.45) is 2.59. The van der Waals surface area contributed by atoms with E-state index in [1.54, 1.807) is 0 Å². The molecular weight excluding hydrogens is 566 g/mol. The van der Waals surface area contributed by atoms with E-state index in [1.165, 1.54) is 0 Å². The van der Waals surface area contributed by atoms with Crippen molar-refractivity contribution in [3.63, 3.8) is 0 Å². The zero-order chi connectivity index (χ0) is 31.8. The highest BCUT2D eigenvalue weighted by atomic mass is 16.1. The maximum Gasteiger partial charge on any atom is 0.184 e. The molecule has 1 N–H and O–H groups in total. The van der Waals surface area contributed by atoms with Crippen LogP contribution in [-0.4, -0.2) is 32.0 Å². The SMILES string of the molecule is CCCCC(=O)C(C)NCc1ccc(-c2ccccc2-c2nnnn2C(c2ccccc2)(c2ccccc2)c2ccccc2)cc1. The highest BCUT2D eigenvalue weighted by Gasteiger charge is 2.42. The van der Waals surface area contributed by atoms with Gasteiger partial charge in [0.15, 0.2) is 5.82 Å². The van der Waals surface area contributed by atoms with Crippen LogP contribution in [0, 0.1) is 0 Å². The molecule has 1 unspecified atom stereocenters. The highest BCUT2D eigenvalue weighted by Crippen LogP contribution is 2.43. The molecule has 0 saturated carbocycles. The van der Waals surface area contributed by atoms with E-state index < -0.39 is 5.54 Å². The molecule has 0 fully saturated rings. The summed E-state index contributed by atoms with van der Waals surface area (Å²) >= 11 is 0. The van der Waals surface area contributed by atoms with Crippen LogP contribution >= 0.6 is 0 Å². The summed E-state index contributed by atoms with van der Waals surface area (Å²) < 4.78 is 1.97. The topological polar surface area (TPSA) is 72.7 Å². The van der Waals surface area contributed by atoms with Crippen LogP contribution in [0.25, 0.3) is 22.5 Å². The smallest absolute Gasteiger partial charge is 0.184 e. The third-order valence-electron chi connectivity index (χ3n) is 8.67. The van der Waals surface area contributed by atoms with E-state index in [2.05, 4.69) is 132 Å². The molecule has 230 valence electrons. The molecule has 5 aromatic carbocycles. The van der Waals surface area contributed by atoms with Crippen molar-refractivity contribution in [3.05, 3.63) is 162 Å². The predicted molar refractivity (Wildman–Crippen MR) is 184 cm³/mol. The van der Waals surface area contributed by atoms with Crippen molar-refractivity contribution in [1.82, 2.24) is 25.5 Å². The molecule has 1 aromatic heterocycles. The minimum absolute atomic E-state index is 0.162. The fourth-order valence-electron chi connectivity index (χ4n) is 6.17. The van der Waals surface area contributed by atoms with Gasteiger partial charge in [-0.2, -0.15) is 0 Å². The van der Waals surface area contributed by atoms with Gasteiger partial charge in [0.2, 0.25) is 0 Å². The predicted octanol–water partition coefficient (Wildman–Crippen LogP) is 8.08. The number of hydrogen-bond donors (Lipinski definition) is 1. The lowest BCUT2D eigenvalue weighted by molar-refractivity contribution is -0.120. The first-order chi connectivity index (χ1) is 22.6. The number of carbonyl (C=O) groups is 1. The molecule has 0 aliphatic rings. The summed E-state index contributed by atoms with van der Waals surface area (Å²) in [5.41, 5.74) is 6.47. The molecule has 0 saturated heterocycles. The molecule has 6 aromatic rings. The number of aromatic nitrogens is 4. The maximum absolute atomic E-state index is 12.4. The third-order valence-corrected chi connectivity index (χ3v) is 8.67. The Bertz CT molecular complexity index is 1750. The number of benzene rings is 5. The first kappa shape index (κ1) is 30.8. The van der Waals surface area contributed by atoms with E-state index >= 15 is 0 Å². The highest BCUT2D eigenvalue weighted by molar-refractivity contribution is 5.83. The van der Waals surface area contributed by atoms with E-state index in [0.717, 1.165) is 51.8 Å². The number of Topliss-reactive ketones (excluding diaryl/α,β-unsaturated/α-hetero) is 1. The summed E-state index contributed by atoms with van der Waals surface area (Å²) in [4.78, 5) is 12.4.